The van der Waals surface area contributed by atoms with E-state index in [0.29, 0.717) is 6.54 Å². The van der Waals surface area contributed by atoms with Crippen LogP contribution in [0.25, 0.3) is 0 Å². The Balaban J connectivity index is 1.47. The Morgan fingerprint density at radius 3 is 2.50 bits per heavy atom. The molecule has 3 rings (SSSR count). The predicted molar refractivity (Wildman–Crippen MR) is 93.5 cm³/mol. The summed E-state index contributed by atoms with van der Waals surface area (Å²) in [6.07, 6.45) is 1.93. The van der Waals surface area contributed by atoms with Gasteiger partial charge < -0.3 is 14.2 Å². The van der Waals surface area contributed by atoms with E-state index in [1.165, 1.54) is 10.5 Å². The molecule has 0 radical (unpaired) electrons. The molecule has 0 aliphatic carbocycles. The summed E-state index contributed by atoms with van der Waals surface area (Å²) in [5.41, 5.74) is 1.18. The van der Waals surface area contributed by atoms with Crippen LogP contribution in [0.1, 0.15) is 29.9 Å². The molecular weight excluding hydrogens is 300 g/mol. The molecule has 0 bridgehead atoms. The van der Waals surface area contributed by atoms with Gasteiger partial charge in [-0.15, -0.1) is 0 Å². The summed E-state index contributed by atoms with van der Waals surface area (Å²) >= 11 is 0. The second-order valence-electron chi connectivity index (χ2n) is 6.89. The Labute approximate surface area is 144 Å². The molecule has 4 heteroatoms. The molecule has 128 valence electrons. The van der Waals surface area contributed by atoms with E-state index in [2.05, 4.69) is 18.2 Å². The molecule has 2 aromatic rings. The van der Waals surface area contributed by atoms with Crippen LogP contribution in [0.3, 0.4) is 0 Å². The van der Waals surface area contributed by atoms with Crippen molar-refractivity contribution < 1.29 is 14.1 Å². The van der Waals surface area contributed by atoms with Crippen LogP contribution in [0.4, 0.5) is 0 Å². The SMILES string of the molecule is Cc1ccc(C[NH+]2CCC(C(=O)N(C)Cc3ccccc3)CC2)o1. The maximum atomic E-state index is 12.7. The van der Waals surface area contributed by atoms with Crippen molar-refractivity contribution in [3.8, 4) is 0 Å². The summed E-state index contributed by atoms with van der Waals surface area (Å²) in [5.74, 6) is 2.47. The van der Waals surface area contributed by atoms with Gasteiger partial charge in [0.15, 0.2) is 5.76 Å². The van der Waals surface area contributed by atoms with Crippen LogP contribution < -0.4 is 4.90 Å². The van der Waals surface area contributed by atoms with Crippen LogP contribution in [0, 0.1) is 12.8 Å². The van der Waals surface area contributed by atoms with E-state index in [0.717, 1.165) is 44.0 Å². The van der Waals surface area contributed by atoms with Crippen LogP contribution >= 0.6 is 0 Å². The minimum Gasteiger partial charge on any atom is -0.460 e. The highest BCUT2D eigenvalue weighted by Crippen LogP contribution is 2.15. The first kappa shape index (κ1) is 16.8. The number of carbonyl (C=O) groups is 1. The maximum absolute atomic E-state index is 12.7. The second-order valence-corrected chi connectivity index (χ2v) is 6.89. The van der Waals surface area contributed by atoms with E-state index in [1.807, 2.05) is 43.1 Å². The fourth-order valence-corrected chi connectivity index (χ4v) is 3.52. The third-order valence-electron chi connectivity index (χ3n) is 4.90. The smallest absolute Gasteiger partial charge is 0.226 e. The molecule has 1 aliphatic rings. The number of aryl methyl sites for hydroxylation is 1. The first-order chi connectivity index (χ1) is 11.6. The zero-order valence-electron chi connectivity index (χ0n) is 14.6. The number of furan rings is 1. The van der Waals surface area contributed by atoms with Crippen molar-refractivity contribution in [2.24, 2.45) is 5.92 Å². The highest BCUT2D eigenvalue weighted by Gasteiger charge is 2.29. The van der Waals surface area contributed by atoms with Crippen LogP contribution in [-0.4, -0.2) is 30.9 Å². The molecule has 1 fully saturated rings. The predicted octanol–water partition coefficient (Wildman–Crippen LogP) is 2.04. The van der Waals surface area contributed by atoms with E-state index in [1.54, 1.807) is 0 Å². The van der Waals surface area contributed by atoms with Gasteiger partial charge in [0.2, 0.25) is 5.91 Å². The number of likely N-dealkylation sites (tertiary alicyclic amines) is 1. The Hall–Kier alpha value is -2.07. The van der Waals surface area contributed by atoms with E-state index in [-0.39, 0.29) is 11.8 Å². The van der Waals surface area contributed by atoms with Crippen LogP contribution in [-0.2, 0) is 17.9 Å². The maximum Gasteiger partial charge on any atom is 0.226 e. The van der Waals surface area contributed by atoms with E-state index < -0.39 is 0 Å². The lowest BCUT2D eigenvalue weighted by Gasteiger charge is -2.30. The molecule has 0 unspecified atom stereocenters. The Bertz CT molecular complexity index is 657. The molecule has 4 nitrogen and oxygen atoms in total. The molecule has 1 amide bonds. The number of amides is 1. The molecule has 1 aliphatic heterocycles. The van der Waals surface area contributed by atoms with E-state index >= 15 is 0 Å². The largest absolute Gasteiger partial charge is 0.460 e. The van der Waals surface area contributed by atoms with Gasteiger partial charge in [-0.1, -0.05) is 30.3 Å². The minimum absolute atomic E-state index is 0.167. The Kier molecular flexibility index (Phi) is 5.36. The van der Waals surface area contributed by atoms with Crippen molar-refractivity contribution in [1.82, 2.24) is 4.90 Å². The van der Waals surface area contributed by atoms with Crippen molar-refractivity contribution in [3.63, 3.8) is 0 Å². The fourth-order valence-electron chi connectivity index (χ4n) is 3.52. The Morgan fingerprint density at radius 2 is 1.88 bits per heavy atom. The number of hydrogen-bond donors (Lipinski definition) is 1. The van der Waals surface area contributed by atoms with Gasteiger partial charge in [0.1, 0.15) is 12.3 Å². The van der Waals surface area contributed by atoms with Gasteiger partial charge in [-0.25, -0.2) is 0 Å². The van der Waals surface area contributed by atoms with Gasteiger partial charge in [0.05, 0.1) is 13.1 Å². The van der Waals surface area contributed by atoms with Gasteiger partial charge in [0, 0.05) is 32.4 Å². The summed E-state index contributed by atoms with van der Waals surface area (Å²) in [6.45, 7) is 5.67. The van der Waals surface area contributed by atoms with Crippen molar-refractivity contribution in [2.45, 2.75) is 32.9 Å². The van der Waals surface area contributed by atoms with Crippen LogP contribution in [0.15, 0.2) is 46.9 Å². The summed E-state index contributed by atoms with van der Waals surface area (Å²) < 4.78 is 5.67. The Morgan fingerprint density at radius 1 is 1.17 bits per heavy atom. The lowest BCUT2D eigenvalue weighted by atomic mass is 9.95. The topological polar surface area (TPSA) is 37.9 Å². The molecule has 1 aromatic heterocycles. The molecule has 1 N–H and O–H groups in total. The third kappa shape index (κ3) is 4.26. The quantitative estimate of drug-likeness (QED) is 0.913. The summed E-state index contributed by atoms with van der Waals surface area (Å²) in [4.78, 5) is 16.1. The third-order valence-corrected chi connectivity index (χ3v) is 4.90. The lowest BCUT2D eigenvalue weighted by Crippen LogP contribution is -3.11. The number of nitrogens with zero attached hydrogens (tertiary/aromatic N) is 1. The van der Waals surface area contributed by atoms with Crippen molar-refractivity contribution in [1.29, 1.82) is 0 Å². The molecule has 24 heavy (non-hydrogen) atoms. The van der Waals surface area contributed by atoms with Gasteiger partial charge in [-0.05, 0) is 24.6 Å². The zero-order chi connectivity index (χ0) is 16.9. The standard InChI is InChI=1S/C20H26N2O2/c1-16-8-9-19(24-16)15-22-12-10-18(11-13-22)20(23)21(2)14-17-6-4-3-5-7-17/h3-9,18H,10-15H2,1-2H3/p+1. The molecule has 2 heterocycles. The van der Waals surface area contributed by atoms with E-state index in [4.69, 9.17) is 4.42 Å². The number of carbonyl (C=O) groups excluding carboxylic acids is 1. The highest BCUT2D eigenvalue weighted by atomic mass is 16.3. The number of rotatable bonds is 5. The second kappa shape index (κ2) is 7.67. The van der Waals surface area contributed by atoms with E-state index in [9.17, 15) is 4.79 Å². The molecule has 0 atom stereocenters. The molecule has 0 saturated carbocycles. The number of benzene rings is 1. The monoisotopic (exact) mass is 327 g/mol. The van der Waals surface area contributed by atoms with Crippen molar-refractivity contribution in [3.05, 3.63) is 59.5 Å². The normalized spacial score (nSPS) is 20.8. The number of nitrogens with one attached hydrogen (secondary N) is 1. The number of quaternary nitrogens is 1. The average molecular weight is 327 g/mol. The number of hydrogen-bond acceptors (Lipinski definition) is 2. The van der Waals surface area contributed by atoms with Gasteiger partial charge >= 0.3 is 0 Å². The van der Waals surface area contributed by atoms with Crippen LogP contribution in [0.2, 0.25) is 0 Å². The molecule has 1 aromatic carbocycles. The highest BCUT2D eigenvalue weighted by molar-refractivity contribution is 5.78. The molecule has 1 saturated heterocycles. The summed E-state index contributed by atoms with van der Waals surface area (Å²) in [7, 11) is 1.92. The van der Waals surface area contributed by atoms with Gasteiger partial charge in [-0.2, -0.15) is 0 Å². The average Bonchev–Trinajstić information content (AvgIpc) is 3.00. The minimum atomic E-state index is 0.167. The van der Waals surface area contributed by atoms with Gasteiger partial charge in [0.25, 0.3) is 0 Å². The molecular formula is C20H27N2O2+. The molecule has 0 spiro atoms. The lowest BCUT2D eigenvalue weighted by molar-refractivity contribution is -0.920. The zero-order valence-corrected chi connectivity index (χ0v) is 14.6. The first-order valence-electron chi connectivity index (χ1n) is 8.79. The van der Waals surface area contributed by atoms with Crippen molar-refractivity contribution >= 4 is 5.91 Å². The van der Waals surface area contributed by atoms with Crippen molar-refractivity contribution in [2.75, 3.05) is 20.1 Å². The first-order valence-corrected chi connectivity index (χ1v) is 8.79. The van der Waals surface area contributed by atoms with Crippen LogP contribution in [0.5, 0.6) is 0 Å². The fraction of sp³-hybridized carbons (Fsp3) is 0.450. The summed E-state index contributed by atoms with van der Waals surface area (Å²) in [6, 6.07) is 14.3. The summed E-state index contributed by atoms with van der Waals surface area (Å²) in [5, 5.41) is 0. The number of piperidine rings is 1. The van der Waals surface area contributed by atoms with Gasteiger partial charge in [-0.3, -0.25) is 4.79 Å².